The minimum absolute atomic E-state index is 0.0950. The summed E-state index contributed by atoms with van der Waals surface area (Å²) in [7, 11) is 2.00. The Morgan fingerprint density at radius 1 is 1.47 bits per heavy atom. The van der Waals surface area contributed by atoms with Crippen LogP contribution in [0.25, 0.3) is 0 Å². The van der Waals surface area contributed by atoms with Crippen LogP contribution >= 0.6 is 0 Å². The van der Waals surface area contributed by atoms with Gasteiger partial charge in [-0.25, -0.2) is 0 Å². The summed E-state index contributed by atoms with van der Waals surface area (Å²) in [5.41, 5.74) is 2.40. The minimum atomic E-state index is 0.0950. The van der Waals surface area contributed by atoms with Crippen molar-refractivity contribution in [2.45, 2.75) is 32.9 Å². The van der Waals surface area contributed by atoms with Gasteiger partial charge in [0.05, 0.1) is 6.54 Å². The Morgan fingerprint density at radius 3 is 2.76 bits per heavy atom. The van der Waals surface area contributed by atoms with Gasteiger partial charge in [0.25, 0.3) is 0 Å². The lowest BCUT2D eigenvalue weighted by atomic mass is 10.1. The predicted octanol–water partition coefficient (Wildman–Crippen LogP) is 2.04. The van der Waals surface area contributed by atoms with Crippen LogP contribution in [0.15, 0.2) is 18.5 Å². The molecule has 17 heavy (non-hydrogen) atoms. The van der Waals surface area contributed by atoms with Crippen LogP contribution in [0.5, 0.6) is 0 Å². The third kappa shape index (κ3) is 4.46. The van der Waals surface area contributed by atoms with Gasteiger partial charge in [-0.15, -0.1) is 6.42 Å². The first-order valence-corrected chi connectivity index (χ1v) is 5.76. The number of pyridine rings is 1. The molecular formula is C14H21N3. The Labute approximate surface area is 104 Å². The highest BCUT2D eigenvalue weighted by atomic mass is 15.1. The zero-order valence-electron chi connectivity index (χ0n) is 11.1. The van der Waals surface area contributed by atoms with Gasteiger partial charge in [-0.05, 0) is 26.8 Å². The summed E-state index contributed by atoms with van der Waals surface area (Å²) < 4.78 is 0. The van der Waals surface area contributed by atoms with E-state index >= 15 is 0 Å². The van der Waals surface area contributed by atoms with E-state index in [1.807, 2.05) is 19.3 Å². The van der Waals surface area contributed by atoms with Gasteiger partial charge in [0.15, 0.2) is 0 Å². The van der Waals surface area contributed by atoms with Crippen LogP contribution in [0.1, 0.15) is 26.3 Å². The molecule has 0 saturated carbocycles. The van der Waals surface area contributed by atoms with Gasteiger partial charge in [0.2, 0.25) is 0 Å². The molecule has 3 heteroatoms. The highest BCUT2D eigenvalue weighted by molar-refractivity contribution is 5.52. The van der Waals surface area contributed by atoms with Crippen molar-refractivity contribution in [1.29, 1.82) is 0 Å². The fourth-order valence-corrected chi connectivity index (χ4v) is 1.51. The van der Waals surface area contributed by atoms with Crippen molar-refractivity contribution < 1.29 is 0 Å². The molecule has 0 bridgehead atoms. The number of hydrogen-bond acceptors (Lipinski definition) is 3. The number of terminal acetylenes is 1. The van der Waals surface area contributed by atoms with E-state index in [2.05, 4.69) is 41.9 Å². The van der Waals surface area contributed by atoms with Gasteiger partial charge >= 0.3 is 0 Å². The lowest BCUT2D eigenvalue weighted by Crippen LogP contribution is -2.35. The third-order valence-corrected chi connectivity index (χ3v) is 2.43. The highest BCUT2D eigenvalue weighted by Gasteiger charge is 2.11. The van der Waals surface area contributed by atoms with Gasteiger partial charge < -0.3 is 10.2 Å². The number of nitrogens with one attached hydrogen (secondary N) is 1. The molecule has 0 aliphatic rings. The third-order valence-electron chi connectivity index (χ3n) is 2.43. The number of aromatic nitrogens is 1. The molecule has 1 heterocycles. The fraction of sp³-hybridized carbons (Fsp3) is 0.500. The molecule has 0 saturated heterocycles. The standard InChI is InChI=1S/C14H21N3/c1-6-9-17(5)13-7-8-15-10-12(13)11-16-14(2,3)4/h1,7-8,10,16H,9,11H2,2-5H3. The van der Waals surface area contributed by atoms with Crippen molar-refractivity contribution in [1.82, 2.24) is 10.3 Å². The van der Waals surface area contributed by atoms with Gasteiger partial charge in [-0.1, -0.05) is 5.92 Å². The van der Waals surface area contributed by atoms with Crippen LogP contribution < -0.4 is 10.2 Å². The largest absolute Gasteiger partial charge is 0.363 e. The smallest absolute Gasteiger partial charge is 0.0788 e. The van der Waals surface area contributed by atoms with Crippen molar-refractivity contribution in [3.8, 4) is 12.3 Å². The maximum absolute atomic E-state index is 5.34. The first-order valence-electron chi connectivity index (χ1n) is 5.76. The number of anilines is 1. The molecule has 0 fully saturated rings. The molecule has 0 spiro atoms. The molecule has 0 radical (unpaired) electrons. The monoisotopic (exact) mass is 231 g/mol. The summed E-state index contributed by atoms with van der Waals surface area (Å²) in [6, 6.07) is 2.00. The predicted molar refractivity (Wildman–Crippen MR) is 72.9 cm³/mol. The average molecular weight is 231 g/mol. The van der Waals surface area contributed by atoms with Crippen molar-refractivity contribution in [2.75, 3.05) is 18.5 Å². The quantitative estimate of drug-likeness (QED) is 0.804. The van der Waals surface area contributed by atoms with Gasteiger partial charge in [-0.3, -0.25) is 4.98 Å². The zero-order chi connectivity index (χ0) is 12.9. The van der Waals surface area contributed by atoms with E-state index in [0.29, 0.717) is 6.54 Å². The van der Waals surface area contributed by atoms with Crippen LogP contribution in [-0.2, 0) is 6.54 Å². The number of hydrogen-bond donors (Lipinski definition) is 1. The van der Waals surface area contributed by atoms with Crippen LogP contribution in [0.2, 0.25) is 0 Å². The van der Waals surface area contributed by atoms with Gasteiger partial charge in [0, 0.05) is 42.8 Å². The Hall–Kier alpha value is -1.53. The Kier molecular flexibility index (Phi) is 4.53. The first kappa shape index (κ1) is 13.5. The molecule has 1 aromatic heterocycles. The summed E-state index contributed by atoms with van der Waals surface area (Å²) in [5.74, 6) is 2.65. The summed E-state index contributed by atoms with van der Waals surface area (Å²) in [6.45, 7) is 7.84. The fourth-order valence-electron chi connectivity index (χ4n) is 1.51. The maximum Gasteiger partial charge on any atom is 0.0788 e. The molecule has 3 nitrogen and oxygen atoms in total. The second-order valence-electron chi connectivity index (χ2n) is 5.17. The van der Waals surface area contributed by atoms with E-state index in [1.54, 1.807) is 6.20 Å². The summed E-state index contributed by atoms with van der Waals surface area (Å²) in [4.78, 5) is 6.23. The van der Waals surface area contributed by atoms with Crippen molar-refractivity contribution >= 4 is 5.69 Å². The van der Waals surface area contributed by atoms with E-state index in [4.69, 9.17) is 6.42 Å². The zero-order valence-corrected chi connectivity index (χ0v) is 11.1. The minimum Gasteiger partial charge on any atom is -0.363 e. The molecule has 0 aromatic carbocycles. The molecule has 0 aliphatic heterocycles. The van der Waals surface area contributed by atoms with Crippen LogP contribution in [0.3, 0.4) is 0 Å². The molecule has 1 rings (SSSR count). The molecule has 0 aliphatic carbocycles. The first-order chi connectivity index (χ1) is 7.94. The van der Waals surface area contributed by atoms with E-state index in [9.17, 15) is 0 Å². The molecule has 0 unspecified atom stereocenters. The average Bonchev–Trinajstić information content (AvgIpc) is 2.26. The molecule has 0 amide bonds. The number of rotatable bonds is 4. The van der Waals surface area contributed by atoms with Crippen molar-refractivity contribution in [3.05, 3.63) is 24.0 Å². The molecule has 1 aromatic rings. The topological polar surface area (TPSA) is 28.2 Å². The number of nitrogens with zero attached hydrogens (tertiary/aromatic N) is 2. The van der Waals surface area contributed by atoms with E-state index in [0.717, 1.165) is 12.2 Å². The highest BCUT2D eigenvalue weighted by Crippen LogP contribution is 2.18. The summed E-state index contributed by atoms with van der Waals surface area (Å²) >= 11 is 0. The van der Waals surface area contributed by atoms with Gasteiger partial charge in [0.1, 0.15) is 0 Å². The summed E-state index contributed by atoms with van der Waals surface area (Å²) in [6.07, 6.45) is 9.02. The molecule has 0 atom stereocenters. The summed E-state index contributed by atoms with van der Waals surface area (Å²) in [5, 5.41) is 3.46. The normalized spacial score (nSPS) is 11.0. The van der Waals surface area contributed by atoms with Crippen LogP contribution in [-0.4, -0.2) is 24.1 Å². The molecule has 1 N–H and O–H groups in total. The lowest BCUT2D eigenvalue weighted by Gasteiger charge is -2.24. The van der Waals surface area contributed by atoms with Crippen molar-refractivity contribution in [3.63, 3.8) is 0 Å². The Balaban J connectivity index is 2.82. The SMILES string of the molecule is C#CCN(C)c1ccncc1CNC(C)(C)C. The maximum atomic E-state index is 5.34. The van der Waals surface area contributed by atoms with E-state index in [1.165, 1.54) is 5.56 Å². The van der Waals surface area contributed by atoms with E-state index in [-0.39, 0.29) is 5.54 Å². The van der Waals surface area contributed by atoms with E-state index < -0.39 is 0 Å². The second-order valence-corrected chi connectivity index (χ2v) is 5.17. The van der Waals surface area contributed by atoms with Crippen LogP contribution in [0.4, 0.5) is 5.69 Å². The van der Waals surface area contributed by atoms with Crippen LogP contribution in [0, 0.1) is 12.3 Å². The molecular weight excluding hydrogens is 210 g/mol. The Morgan fingerprint density at radius 2 is 2.18 bits per heavy atom. The van der Waals surface area contributed by atoms with Gasteiger partial charge in [-0.2, -0.15) is 0 Å². The second kappa shape index (κ2) is 5.70. The Bertz CT molecular complexity index is 399. The lowest BCUT2D eigenvalue weighted by molar-refractivity contribution is 0.424. The van der Waals surface area contributed by atoms with Crippen molar-refractivity contribution in [2.24, 2.45) is 0 Å². The molecule has 92 valence electrons.